The molecule has 0 saturated carbocycles. The molecule has 149 heavy (non-hydrogen) atoms. The molecule has 2 aliphatic carbocycles. The summed E-state index contributed by atoms with van der Waals surface area (Å²) in [4.78, 5) is 0. The lowest BCUT2D eigenvalue weighted by molar-refractivity contribution is 0.660. The van der Waals surface area contributed by atoms with Crippen LogP contribution in [0.1, 0.15) is 25.0 Å². The molecule has 0 unspecified atom stereocenters. The summed E-state index contributed by atoms with van der Waals surface area (Å²) >= 11 is 0. The topological polar surface area (TPSA) is 0 Å². The summed E-state index contributed by atoms with van der Waals surface area (Å²) < 4.78 is 0. The zero-order valence-electron chi connectivity index (χ0n) is 82.3. The van der Waals surface area contributed by atoms with Gasteiger partial charge in [-0.25, -0.2) is 0 Å². The molecule has 32 rings (SSSR count). The number of fused-ring (bicyclic) bond motifs is 21. The van der Waals surface area contributed by atoms with Crippen LogP contribution >= 0.6 is 0 Å². The van der Waals surface area contributed by atoms with Crippen LogP contribution in [-0.2, 0) is 5.41 Å². The van der Waals surface area contributed by atoms with E-state index in [0.717, 1.165) is 0 Å². The van der Waals surface area contributed by atoms with Crippen molar-refractivity contribution in [1.82, 2.24) is 0 Å². The van der Waals surface area contributed by atoms with E-state index in [4.69, 9.17) is 0 Å². The molecule has 0 heterocycles. The molecule has 0 heteroatoms. The van der Waals surface area contributed by atoms with E-state index in [9.17, 15) is 0 Å². The Kier molecular flexibility index (Phi) is 19.6. The van der Waals surface area contributed by atoms with Crippen LogP contribution in [-0.4, -0.2) is 0 Å². The molecule has 0 N–H and O–H groups in total. The monoisotopic (exact) mass is 1880 g/mol. The summed E-state index contributed by atoms with van der Waals surface area (Å²) in [5, 5.41) is 41.1. The second-order valence-electron chi connectivity index (χ2n) is 41.3. The maximum absolute atomic E-state index is 2.47. The molecule has 30 aromatic carbocycles. The van der Waals surface area contributed by atoms with Crippen molar-refractivity contribution in [3.63, 3.8) is 0 Å². The van der Waals surface area contributed by atoms with Crippen molar-refractivity contribution >= 4 is 172 Å². The quantitative estimate of drug-likeness (QED) is 0.0998. The molecular formula is C149H94. The lowest BCUT2D eigenvalue weighted by Crippen LogP contribution is -2.14. The third kappa shape index (κ3) is 13.6. The van der Waals surface area contributed by atoms with Gasteiger partial charge in [0.05, 0.1) is 0 Å². The van der Waals surface area contributed by atoms with E-state index in [0.29, 0.717) is 0 Å². The highest BCUT2D eigenvalue weighted by Gasteiger charge is 2.37. The first-order chi connectivity index (χ1) is 73.7. The van der Waals surface area contributed by atoms with Gasteiger partial charge in [-0.2, -0.15) is 0 Å². The molecule has 0 spiro atoms. The largest absolute Gasteiger partial charge is 0.0622 e. The molecule has 0 fully saturated rings. The summed E-state index contributed by atoms with van der Waals surface area (Å²) in [6.07, 6.45) is 0. The van der Waals surface area contributed by atoms with E-state index in [2.05, 4.69) is 548 Å². The van der Waals surface area contributed by atoms with Crippen molar-refractivity contribution in [2.24, 2.45) is 0 Å². The highest BCUT2D eigenvalue weighted by Crippen LogP contribution is 2.58. The minimum atomic E-state index is -0.0617. The summed E-state index contributed by atoms with van der Waals surface area (Å²) in [6.45, 7) is 4.74. The maximum atomic E-state index is 2.47. The molecular weight excluding hydrogens is 1790 g/mol. The van der Waals surface area contributed by atoms with E-state index >= 15 is 0 Å². The Balaban J connectivity index is 0.000000104. The fraction of sp³-hybridized carbons (Fsp3) is 0.0201. The van der Waals surface area contributed by atoms with Crippen LogP contribution in [0.3, 0.4) is 0 Å². The lowest BCUT2D eigenvalue weighted by Gasteiger charge is -2.23. The standard InChI is InChI=1S/C56H32.C48H30.C45H32/c1-2-10-37-31-38(22-19-33(37)9-1)39-25-28-50-51(32-39)56(48-27-24-36-21-20-34-11-7-12-35-23-26-47(48)53(36)52(34)35)44-16-6-5-15-43(44)55(50)49-30-29-46-41-14-4-3-13-40(41)42-17-8-18-45(49)54(42)46;1-2-13-32(14-3-1)47-42-20-10-11-21-43(42)48(46-29-35(24-27-44(46)47)34-23-22-31-12-4-5-15-33(31)28-34)36-25-26-41-39-18-7-6-16-37(39)38-17-8-9-19-40(38)45(41)30-36;1-45(2)41-19-11-10-16-35(41)36-24-23-34(28-42(36)45)44-38-18-9-8-17-37(38)43(30-13-4-3-5-14-30)39-25-22-33(27-40(39)44)32-21-20-29-12-6-7-15-31(29)26-32/h1-32H;1-30H;3-28H,1-2H3. The molecule has 0 bridgehead atoms. The van der Waals surface area contributed by atoms with Crippen LogP contribution in [0.4, 0.5) is 0 Å². The van der Waals surface area contributed by atoms with E-state index in [1.54, 1.807) is 0 Å². The van der Waals surface area contributed by atoms with Crippen LogP contribution in [0.25, 0.3) is 306 Å². The molecule has 0 aliphatic heterocycles. The Hall–Kier alpha value is -19.0. The number of rotatable bonds is 9. The molecule has 0 nitrogen and oxygen atoms in total. The molecule has 2 aliphatic rings. The van der Waals surface area contributed by atoms with Gasteiger partial charge in [-0.1, -0.05) is 499 Å². The second-order valence-corrected chi connectivity index (χ2v) is 41.3. The Morgan fingerprint density at radius 1 is 0.107 bits per heavy atom. The van der Waals surface area contributed by atoms with Crippen molar-refractivity contribution in [2.75, 3.05) is 0 Å². The lowest BCUT2D eigenvalue weighted by atomic mass is 9.80. The normalized spacial score (nSPS) is 12.4. The first-order valence-electron chi connectivity index (χ1n) is 52.1. The number of benzene rings is 30. The molecule has 0 atom stereocenters. The zero-order valence-corrected chi connectivity index (χ0v) is 82.3. The average Bonchev–Trinajstić information content (AvgIpc) is 1.67. The Bertz CT molecular complexity index is 10800. The van der Waals surface area contributed by atoms with Gasteiger partial charge in [0.25, 0.3) is 0 Å². The van der Waals surface area contributed by atoms with Crippen LogP contribution < -0.4 is 0 Å². The molecule has 0 amide bonds. The number of hydrogen-bond donors (Lipinski definition) is 0. The van der Waals surface area contributed by atoms with Crippen molar-refractivity contribution in [2.45, 2.75) is 19.3 Å². The van der Waals surface area contributed by atoms with E-state index in [-0.39, 0.29) is 5.41 Å². The molecule has 0 radical (unpaired) electrons. The predicted octanol–water partition coefficient (Wildman–Crippen LogP) is 41.9. The van der Waals surface area contributed by atoms with Gasteiger partial charge in [0.1, 0.15) is 0 Å². The first-order valence-corrected chi connectivity index (χ1v) is 52.1. The van der Waals surface area contributed by atoms with Crippen molar-refractivity contribution in [3.05, 3.63) is 545 Å². The smallest absolute Gasteiger partial charge is 0.0159 e. The van der Waals surface area contributed by atoms with Gasteiger partial charge in [0.15, 0.2) is 0 Å². The highest BCUT2D eigenvalue weighted by atomic mass is 14.4. The Morgan fingerprint density at radius 3 is 0.866 bits per heavy atom. The molecule has 0 aromatic heterocycles. The average molecular weight is 1880 g/mol. The summed E-state index contributed by atoms with van der Waals surface area (Å²) in [5.41, 5.74) is 33.4. The third-order valence-corrected chi connectivity index (χ3v) is 33.0. The maximum Gasteiger partial charge on any atom is 0.0159 e. The van der Waals surface area contributed by atoms with Crippen molar-refractivity contribution in [1.29, 1.82) is 0 Å². The van der Waals surface area contributed by atoms with Gasteiger partial charge in [-0.3, -0.25) is 0 Å². The van der Waals surface area contributed by atoms with Gasteiger partial charge >= 0.3 is 0 Å². The second kappa shape index (κ2) is 34.1. The molecule has 0 saturated heterocycles. The Morgan fingerprint density at radius 2 is 0.362 bits per heavy atom. The minimum Gasteiger partial charge on any atom is -0.0622 e. The number of hydrogen-bond acceptors (Lipinski definition) is 0. The molecule has 30 aromatic rings. The first kappa shape index (κ1) is 85.6. The van der Waals surface area contributed by atoms with Gasteiger partial charge in [0, 0.05) is 5.41 Å². The molecule has 690 valence electrons. The van der Waals surface area contributed by atoms with Gasteiger partial charge in [-0.05, 0) is 366 Å². The van der Waals surface area contributed by atoms with E-state index in [1.807, 2.05) is 0 Å². The summed E-state index contributed by atoms with van der Waals surface area (Å²) in [6, 6.07) is 199. The van der Waals surface area contributed by atoms with Gasteiger partial charge < -0.3 is 0 Å². The summed E-state index contributed by atoms with van der Waals surface area (Å²) in [7, 11) is 0. The Labute approximate surface area is 863 Å². The van der Waals surface area contributed by atoms with Crippen molar-refractivity contribution in [3.8, 4) is 134 Å². The van der Waals surface area contributed by atoms with Crippen molar-refractivity contribution < 1.29 is 0 Å². The highest BCUT2D eigenvalue weighted by molar-refractivity contribution is 6.34. The summed E-state index contributed by atoms with van der Waals surface area (Å²) in [5.74, 6) is 0. The van der Waals surface area contributed by atoms with Gasteiger partial charge in [0.2, 0.25) is 0 Å². The van der Waals surface area contributed by atoms with E-state index < -0.39 is 0 Å². The zero-order chi connectivity index (χ0) is 98.2. The fourth-order valence-corrected chi connectivity index (χ4v) is 26.1. The fourth-order valence-electron chi connectivity index (χ4n) is 26.1. The van der Waals surface area contributed by atoms with E-state index in [1.165, 1.54) is 317 Å². The van der Waals surface area contributed by atoms with Crippen LogP contribution in [0.2, 0.25) is 0 Å². The van der Waals surface area contributed by atoms with Crippen LogP contribution in [0.15, 0.2) is 534 Å². The van der Waals surface area contributed by atoms with Crippen LogP contribution in [0, 0.1) is 0 Å². The minimum absolute atomic E-state index is 0.0617. The van der Waals surface area contributed by atoms with Crippen LogP contribution in [0.5, 0.6) is 0 Å². The SMILES string of the molecule is CC1(C)c2ccccc2-c2ccc(-c3c4ccccc4c(-c4ccccc4)c4ccc(-c5ccc6ccccc6c5)cc34)cc21.c1ccc(-c2c3ccccc3c(-c3ccc4c5ccccc5c5ccccc5c4c3)c3cc(-c4ccc5ccccc5c4)ccc23)cc1.c1ccc2c(c1)-c1cccc3c(-c4c5ccccc5c(-c5ccc6ccc7cccc8ccc5c6c78)c5cc(-c6ccc7ccccc7c6)ccc45)ccc-2c13. The third-order valence-electron chi connectivity index (χ3n) is 33.0. The van der Waals surface area contributed by atoms with Gasteiger partial charge in [-0.15, -0.1) is 0 Å². The predicted molar refractivity (Wildman–Crippen MR) is 642 cm³/mol.